The largest absolute Gasteiger partial charge is 0.367 e. The summed E-state index contributed by atoms with van der Waals surface area (Å²) >= 11 is 0. The first-order valence-corrected chi connectivity index (χ1v) is 5.39. The van der Waals surface area contributed by atoms with Crippen LogP contribution in [0.15, 0.2) is 24.3 Å². The summed E-state index contributed by atoms with van der Waals surface area (Å²) in [5, 5.41) is 4.64. The predicted molar refractivity (Wildman–Crippen MR) is 63.3 cm³/mol. The lowest BCUT2D eigenvalue weighted by Gasteiger charge is -2.03. The first-order chi connectivity index (χ1) is 7.22. The molecule has 0 radical (unpaired) electrons. The number of hydrogen-bond acceptors (Lipinski definition) is 2. The lowest BCUT2D eigenvalue weighted by atomic mass is 10.1. The van der Waals surface area contributed by atoms with Crippen molar-refractivity contribution in [3.05, 3.63) is 35.4 Å². The zero-order valence-electron chi connectivity index (χ0n) is 9.04. The number of benzene rings is 1. The summed E-state index contributed by atoms with van der Waals surface area (Å²) < 4.78 is 0. The summed E-state index contributed by atoms with van der Waals surface area (Å²) in [6.45, 7) is 4.29. The van der Waals surface area contributed by atoms with Crippen LogP contribution in [0.1, 0.15) is 18.1 Å². The van der Waals surface area contributed by atoms with Gasteiger partial charge in [-0.25, -0.2) is 4.98 Å². The second-order valence-electron chi connectivity index (χ2n) is 4.44. The number of aromatic nitrogens is 1. The molecule has 2 nitrogen and oxygen atoms in total. The molecule has 1 atom stereocenters. The van der Waals surface area contributed by atoms with E-state index in [1.807, 2.05) is 0 Å². The molecular weight excluding hydrogens is 184 g/mol. The molecule has 0 amide bonds. The van der Waals surface area contributed by atoms with E-state index in [2.05, 4.69) is 48.4 Å². The Labute approximate surface area is 89.3 Å². The SMILES string of the molecule is Cc1ccc2cc3c(nc2c1)NC(C)C3. The lowest BCUT2D eigenvalue weighted by molar-refractivity contribution is 0.839. The average molecular weight is 198 g/mol. The fourth-order valence-corrected chi connectivity index (χ4v) is 2.22. The van der Waals surface area contributed by atoms with Crippen molar-refractivity contribution in [1.82, 2.24) is 4.98 Å². The van der Waals surface area contributed by atoms with Crippen LogP contribution in [0.25, 0.3) is 10.9 Å². The summed E-state index contributed by atoms with van der Waals surface area (Å²) in [5.74, 6) is 1.07. The number of anilines is 1. The Bertz CT molecular complexity index is 531. The van der Waals surface area contributed by atoms with Crippen molar-refractivity contribution in [3.63, 3.8) is 0 Å². The number of nitrogens with zero attached hydrogens (tertiary/aromatic N) is 1. The smallest absolute Gasteiger partial charge is 0.130 e. The van der Waals surface area contributed by atoms with Gasteiger partial charge in [-0.15, -0.1) is 0 Å². The molecule has 1 aliphatic rings. The van der Waals surface area contributed by atoms with Gasteiger partial charge in [0.1, 0.15) is 5.82 Å². The number of pyridine rings is 1. The zero-order valence-corrected chi connectivity index (χ0v) is 9.04. The van der Waals surface area contributed by atoms with Gasteiger partial charge in [-0.05, 0) is 43.5 Å². The highest BCUT2D eigenvalue weighted by molar-refractivity contribution is 5.83. The summed E-state index contributed by atoms with van der Waals surface area (Å²) in [6.07, 6.45) is 1.09. The first-order valence-electron chi connectivity index (χ1n) is 5.39. The van der Waals surface area contributed by atoms with E-state index in [9.17, 15) is 0 Å². The van der Waals surface area contributed by atoms with Crippen LogP contribution in [0.5, 0.6) is 0 Å². The number of aryl methyl sites for hydroxylation is 1. The van der Waals surface area contributed by atoms with Crippen LogP contribution in [-0.4, -0.2) is 11.0 Å². The van der Waals surface area contributed by atoms with Crippen molar-refractivity contribution in [3.8, 4) is 0 Å². The van der Waals surface area contributed by atoms with Gasteiger partial charge in [0.15, 0.2) is 0 Å². The number of rotatable bonds is 0. The van der Waals surface area contributed by atoms with E-state index in [1.54, 1.807) is 0 Å². The van der Waals surface area contributed by atoms with E-state index in [0.717, 1.165) is 17.8 Å². The summed E-state index contributed by atoms with van der Waals surface area (Å²) in [7, 11) is 0. The molecule has 2 heterocycles. The monoisotopic (exact) mass is 198 g/mol. The standard InChI is InChI=1S/C13H14N2/c1-8-3-4-10-7-11-6-9(2)14-13(11)15-12(10)5-8/h3-5,7,9H,6H2,1-2H3,(H,14,15). The molecule has 0 bridgehead atoms. The van der Waals surface area contributed by atoms with Crippen LogP contribution in [0, 0.1) is 6.92 Å². The van der Waals surface area contributed by atoms with Gasteiger partial charge in [0.05, 0.1) is 5.52 Å². The molecule has 0 saturated carbocycles. The van der Waals surface area contributed by atoms with Crippen LogP contribution in [0.2, 0.25) is 0 Å². The van der Waals surface area contributed by atoms with Gasteiger partial charge in [0.25, 0.3) is 0 Å². The molecule has 1 aliphatic heterocycles. The van der Waals surface area contributed by atoms with E-state index in [4.69, 9.17) is 0 Å². The van der Waals surface area contributed by atoms with Crippen molar-refractivity contribution in [2.45, 2.75) is 26.3 Å². The van der Waals surface area contributed by atoms with E-state index >= 15 is 0 Å². The van der Waals surface area contributed by atoms with Crippen LogP contribution in [-0.2, 0) is 6.42 Å². The highest BCUT2D eigenvalue weighted by Crippen LogP contribution is 2.27. The van der Waals surface area contributed by atoms with Gasteiger partial charge < -0.3 is 5.32 Å². The average Bonchev–Trinajstić information content (AvgIpc) is 2.53. The maximum atomic E-state index is 4.66. The molecule has 15 heavy (non-hydrogen) atoms. The van der Waals surface area contributed by atoms with Crippen LogP contribution in [0.3, 0.4) is 0 Å². The fourth-order valence-electron chi connectivity index (χ4n) is 2.22. The number of nitrogens with one attached hydrogen (secondary N) is 1. The minimum atomic E-state index is 0.519. The second kappa shape index (κ2) is 2.96. The van der Waals surface area contributed by atoms with Crippen molar-refractivity contribution in [2.75, 3.05) is 5.32 Å². The Hall–Kier alpha value is -1.57. The first kappa shape index (κ1) is 8.72. The molecule has 0 fully saturated rings. The normalized spacial score (nSPS) is 18.9. The van der Waals surface area contributed by atoms with Crippen LogP contribution in [0.4, 0.5) is 5.82 Å². The summed E-state index contributed by atoms with van der Waals surface area (Å²) in [6, 6.07) is 9.21. The third kappa shape index (κ3) is 1.37. The summed E-state index contributed by atoms with van der Waals surface area (Å²) in [4.78, 5) is 4.66. The van der Waals surface area contributed by atoms with Crippen LogP contribution >= 0.6 is 0 Å². The minimum Gasteiger partial charge on any atom is -0.367 e. The minimum absolute atomic E-state index is 0.519. The quantitative estimate of drug-likeness (QED) is 0.704. The molecule has 0 spiro atoms. The maximum Gasteiger partial charge on any atom is 0.130 e. The molecule has 1 unspecified atom stereocenters. The Morgan fingerprint density at radius 1 is 1.33 bits per heavy atom. The molecule has 1 aromatic heterocycles. The number of hydrogen-bond donors (Lipinski definition) is 1. The third-order valence-electron chi connectivity index (χ3n) is 2.96. The lowest BCUT2D eigenvalue weighted by Crippen LogP contribution is -2.08. The Kier molecular flexibility index (Phi) is 1.72. The molecule has 2 heteroatoms. The van der Waals surface area contributed by atoms with E-state index in [-0.39, 0.29) is 0 Å². The van der Waals surface area contributed by atoms with Crippen molar-refractivity contribution < 1.29 is 0 Å². The van der Waals surface area contributed by atoms with E-state index < -0.39 is 0 Å². The van der Waals surface area contributed by atoms with Crippen molar-refractivity contribution >= 4 is 16.7 Å². The molecule has 0 saturated heterocycles. The van der Waals surface area contributed by atoms with Crippen molar-refractivity contribution in [1.29, 1.82) is 0 Å². The highest BCUT2D eigenvalue weighted by Gasteiger charge is 2.18. The fraction of sp³-hybridized carbons (Fsp3) is 0.308. The van der Waals surface area contributed by atoms with E-state index in [0.29, 0.717) is 6.04 Å². The van der Waals surface area contributed by atoms with Gasteiger partial charge in [-0.3, -0.25) is 0 Å². The molecule has 1 N–H and O–H groups in total. The van der Waals surface area contributed by atoms with Gasteiger partial charge in [0.2, 0.25) is 0 Å². The van der Waals surface area contributed by atoms with Crippen molar-refractivity contribution in [2.24, 2.45) is 0 Å². The van der Waals surface area contributed by atoms with Crippen LogP contribution < -0.4 is 5.32 Å². The molecule has 2 aromatic rings. The molecule has 0 aliphatic carbocycles. The molecule has 3 rings (SSSR count). The topological polar surface area (TPSA) is 24.9 Å². The van der Waals surface area contributed by atoms with Gasteiger partial charge in [-0.2, -0.15) is 0 Å². The van der Waals surface area contributed by atoms with Gasteiger partial charge >= 0.3 is 0 Å². The summed E-state index contributed by atoms with van der Waals surface area (Å²) in [5.41, 5.74) is 3.70. The zero-order chi connectivity index (χ0) is 10.4. The second-order valence-corrected chi connectivity index (χ2v) is 4.44. The highest BCUT2D eigenvalue weighted by atomic mass is 15.0. The Balaban J connectivity index is 2.25. The molecule has 1 aromatic carbocycles. The van der Waals surface area contributed by atoms with Gasteiger partial charge in [0, 0.05) is 11.4 Å². The number of fused-ring (bicyclic) bond motifs is 2. The third-order valence-corrected chi connectivity index (χ3v) is 2.96. The molecular formula is C13H14N2. The molecule has 76 valence electrons. The Morgan fingerprint density at radius 2 is 2.20 bits per heavy atom. The maximum absolute atomic E-state index is 4.66. The van der Waals surface area contributed by atoms with Gasteiger partial charge in [-0.1, -0.05) is 12.1 Å². The predicted octanol–water partition coefficient (Wildman–Crippen LogP) is 2.90. The Morgan fingerprint density at radius 3 is 3.07 bits per heavy atom. The van der Waals surface area contributed by atoms with E-state index in [1.165, 1.54) is 16.5 Å².